The molecular weight excluding hydrogens is 376 g/mol. The molecule has 0 amide bonds. The second-order valence-corrected chi connectivity index (χ2v) is 9.16. The molecule has 1 saturated carbocycles. The molecule has 0 bridgehead atoms. The molecule has 3 heteroatoms. The molecule has 1 aliphatic rings. The van der Waals surface area contributed by atoms with E-state index >= 15 is 0 Å². The van der Waals surface area contributed by atoms with Gasteiger partial charge < -0.3 is 4.74 Å². The number of carbonyl (C=O) groups is 1. The fourth-order valence-corrected chi connectivity index (χ4v) is 6.00. The number of ether oxygens (including phenoxy) is 1. The summed E-state index contributed by atoms with van der Waals surface area (Å²) < 4.78 is 5.93. The molecule has 3 aromatic rings. The third-order valence-electron chi connectivity index (χ3n) is 5.25. The first-order chi connectivity index (χ1) is 14.2. The summed E-state index contributed by atoms with van der Waals surface area (Å²) >= 11 is 0. The van der Waals surface area contributed by atoms with Gasteiger partial charge in [0, 0.05) is 0 Å². The van der Waals surface area contributed by atoms with Gasteiger partial charge in [-0.2, -0.15) is 0 Å². The highest BCUT2D eigenvalue weighted by Gasteiger charge is 2.39. The Morgan fingerprint density at radius 2 is 1.34 bits per heavy atom. The summed E-state index contributed by atoms with van der Waals surface area (Å²) in [5.41, 5.74) is -0.174. The lowest BCUT2D eigenvalue weighted by molar-refractivity contribution is 0.00998. The van der Waals surface area contributed by atoms with Crippen LogP contribution < -0.4 is 0 Å². The van der Waals surface area contributed by atoms with E-state index in [0.717, 1.165) is 40.4 Å². The maximum absolute atomic E-state index is 13.2. The quantitative estimate of drug-likeness (QED) is 0.304. The van der Waals surface area contributed by atoms with Gasteiger partial charge in [-0.1, -0.05) is 54.5 Å². The predicted octanol–water partition coefficient (Wildman–Crippen LogP) is 5.88. The van der Waals surface area contributed by atoms with Crippen LogP contribution in [0, 0.1) is 12.3 Å². The molecule has 0 saturated heterocycles. The van der Waals surface area contributed by atoms with E-state index in [2.05, 4.69) is 30.2 Å². The SMILES string of the molecule is C#CC1(OC(=O)c2ccccc2[S+](c2ccccc2)c2ccccc2)CCCC1. The van der Waals surface area contributed by atoms with E-state index in [0.29, 0.717) is 5.56 Å². The first kappa shape index (κ1) is 19.4. The van der Waals surface area contributed by atoms with Crippen molar-refractivity contribution in [1.82, 2.24) is 0 Å². The maximum Gasteiger partial charge on any atom is 0.344 e. The van der Waals surface area contributed by atoms with Crippen LogP contribution in [0.15, 0.2) is 99.6 Å². The normalized spacial score (nSPS) is 15.0. The van der Waals surface area contributed by atoms with Crippen LogP contribution in [0.1, 0.15) is 36.0 Å². The van der Waals surface area contributed by atoms with Gasteiger partial charge in [0.1, 0.15) is 16.5 Å². The van der Waals surface area contributed by atoms with Crippen LogP contribution in [-0.4, -0.2) is 11.6 Å². The molecule has 0 N–H and O–H groups in total. The minimum atomic E-state index is -0.762. The number of carbonyl (C=O) groups excluding carboxylic acids is 1. The van der Waals surface area contributed by atoms with Crippen LogP contribution in [0.5, 0.6) is 0 Å². The molecule has 29 heavy (non-hydrogen) atoms. The molecule has 0 aromatic heterocycles. The third-order valence-corrected chi connectivity index (χ3v) is 7.53. The summed E-state index contributed by atoms with van der Waals surface area (Å²) in [7, 11) is -0.418. The van der Waals surface area contributed by atoms with Gasteiger partial charge in [0.15, 0.2) is 20.3 Å². The second-order valence-electron chi connectivity index (χ2n) is 7.16. The number of benzene rings is 3. The Morgan fingerprint density at radius 3 is 1.90 bits per heavy atom. The topological polar surface area (TPSA) is 26.3 Å². The summed E-state index contributed by atoms with van der Waals surface area (Å²) in [5.74, 6) is 2.42. The van der Waals surface area contributed by atoms with Crippen LogP contribution >= 0.6 is 0 Å². The molecule has 144 valence electrons. The van der Waals surface area contributed by atoms with E-state index in [1.165, 1.54) is 0 Å². The fraction of sp³-hybridized carbons (Fsp3) is 0.192. The van der Waals surface area contributed by atoms with Crippen molar-refractivity contribution in [3.05, 3.63) is 90.5 Å². The van der Waals surface area contributed by atoms with Crippen molar-refractivity contribution in [1.29, 1.82) is 0 Å². The number of rotatable bonds is 5. The smallest absolute Gasteiger partial charge is 0.344 e. The molecule has 0 aliphatic heterocycles. The molecule has 4 rings (SSSR count). The molecule has 1 fully saturated rings. The van der Waals surface area contributed by atoms with E-state index < -0.39 is 16.5 Å². The fourth-order valence-electron chi connectivity index (χ4n) is 3.77. The zero-order valence-corrected chi connectivity index (χ0v) is 17.0. The van der Waals surface area contributed by atoms with Crippen molar-refractivity contribution in [2.24, 2.45) is 0 Å². The van der Waals surface area contributed by atoms with Gasteiger partial charge in [0.2, 0.25) is 0 Å². The molecule has 3 aromatic carbocycles. The number of esters is 1. The van der Waals surface area contributed by atoms with Crippen LogP contribution in [0.25, 0.3) is 0 Å². The Balaban J connectivity index is 1.77. The van der Waals surface area contributed by atoms with Gasteiger partial charge in [-0.05, 0) is 62.1 Å². The summed E-state index contributed by atoms with van der Waals surface area (Å²) in [5, 5.41) is 0. The summed E-state index contributed by atoms with van der Waals surface area (Å²) in [6, 6.07) is 28.3. The van der Waals surface area contributed by atoms with Crippen molar-refractivity contribution in [2.75, 3.05) is 0 Å². The predicted molar refractivity (Wildman–Crippen MR) is 117 cm³/mol. The Bertz CT molecular complexity index is 976. The van der Waals surface area contributed by atoms with Crippen molar-refractivity contribution >= 4 is 16.9 Å². The van der Waals surface area contributed by atoms with Crippen molar-refractivity contribution in [2.45, 2.75) is 46.0 Å². The average molecular weight is 400 g/mol. The molecule has 2 nitrogen and oxygen atoms in total. The third kappa shape index (κ3) is 4.09. The lowest BCUT2D eigenvalue weighted by Gasteiger charge is -2.23. The van der Waals surface area contributed by atoms with Gasteiger partial charge in [-0.3, -0.25) is 0 Å². The molecular formula is C26H23O2S+. The lowest BCUT2D eigenvalue weighted by atomic mass is 10.0. The molecule has 1 aliphatic carbocycles. The van der Waals surface area contributed by atoms with E-state index in [-0.39, 0.29) is 5.97 Å². The molecule has 0 atom stereocenters. The van der Waals surface area contributed by atoms with Gasteiger partial charge in [0.25, 0.3) is 0 Å². The molecule has 0 heterocycles. The Kier molecular flexibility index (Phi) is 5.74. The van der Waals surface area contributed by atoms with Crippen LogP contribution in [0.4, 0.5) is 0 Å². The summed E-state index contributed by atoms with van der Waals surface area (Å²) in [6.07, 6.45) is 9.22. The lowest BCUT2D eigenvalue weighted by Crippen LogP contribution is -2.30. The van der Waals surface area contributed by atoms with Crippen molar-refractivity contribution < 1.29 is 9.53 Å². The maximum atomic E-state index is 13.2. The average Bonchev–Trinajstić information content (AvgIpc) is 3.25. The first-order valence-corrected chi connectivity index (χ1v) is 11.1. The highest BCUT2D eigenvalue weighted by Crippen LogP contribution is 2.36. The van der Waals surface area contributed by atoms with Gasteiger partial charge in [-0.15, -0.1) is 6.42 Å². The zero-order valence-electron chi connectivity index (χ0n) is 16.2. The van der Waals surface area contributed by atoms with Crippen LogP contribution in [0.2, 0.25) is 0 Å². The van der Waals surface area contributed by atoms with E-state index in [1.807, 2.05) is 60.7 Å². The summed E-state index contributed by atoms with van der Waals surface area (Å²) in [4.78, 5) is 16.5. The van der Waals surface area contributed by atoms with Crippen LogP contribution in [0.3, 0.4) is 0 Å². The Labute approximate surface area is 175 Å². The monoisotopic (exact) mass is 399 g/mol. The number of hydrogen-bond donors (Lipinski definition) is 0. The number of hydrogen-bond acceptors (Lipinski definition) is 2. The zero-order chi connectivity index (χ0) is 20.1. The highest BCUT2D eigenvalue weighted by molar-refractivity contribution is 7.97. The Hall–Kier alpha value is -2.96. The minimum absolute atomic E-state index is 0.329. The minimum Gasteiger partial charge on any atom is -0.442 e. The first-order valence-electron chi connectivity index (χ1n) is 9.87. The highest BCUT2D eigenvalue weighted by atomic mass is 32.2. The standard InChI is InChI=1S/C26H23O2S/c1-2-26(19-11-12-20-26)28-25(27)23-17-9-10-18-24(23)29(21-13-5-3-6-14-21)22-15-7-4-8-16-22/h1,3-10,13-18H,11-12,19-20H2/q+1. The number of terminal acetylenes is 1. The van der Waals surface area contributed by atoms with Crippen molar-refractivity contribution in [3.63, 3.8) is 0 Å². The Morgan fingerprint density at radius 1 is 0.828 bits per heavy atom. The largest absolute Gasteiger partial charge is 0.442 e. The van der Waals surface area contributed by atoms with E-state index in [4.69, 9.17) is 11.2 Å². The van der Waals surface area contributed by atoms with E-state index in [9.17, 15) is 4.79 Å². The molecule has 0 spiro atoms. The van der Waals surface area contributed by atoms with Gasteiger partial charge in [0.05, 0.1) is 0 Å². The van der Waals surface area contributed by atoms with Gasteiger partial charge >= 0.3 is 5.97 Å². The van der Waals surface area contributed by atoms with Crippen LogP contribution in [-0.2, 0) is 15.6 Å². The summed E-state index contributed by atoms with van der Waals surface area (Å²) in [6.45, 7) is 0. The molecule has 0 radical (unpaired) electrons. The second kappa shape index (κ2) is 8.59. The van der Waals surface area contributed by atoms with Gasteiger partial charge in [-0.25, -0.2) is 4.79 Å². The van der Waals surface area contributed by atoms with E-state index in [1.54, 1.807) is 0 Å². The van der Waals surface area contributed by atoms with Crippen molar-refractivity contribution in [3.8, 4) is 12.3 Å². The molecule has 0 unspecified atom stereocenters.